The molecule has 1 unspecified atom stereocenters. The fraction of sp³-hybridized carbons (Fsp3) is 0.176. The largest absolute Gasteiger partial charge is 0.340 e. The number of carbonyl (C=O) groups excluding carboxylic acids is 2. The molecule has 1 atom stereocenters. The molecule has 0 fully saturated rings. The second-order valence-electron chi connectivity index (χ2n) is 5.27. The molecule has 4 nitrogen and oxygen atoms in total. The number of rotatable bonds is 2. The molecule has 0 spiro atoms. The Bertz CT molecular complexity index is 731. The van der Waals surface area contributed by atoms with E-state index in [1.807, 2.05) is 30.3 Å². The number of carbonyl (C=O) groups is 2. The van der Waals surface area contributed by atoms with E-state index >= 15 is 0 Å². The maximum Gasteiger partial charge on any atom is 0.254 e. The summed E-state index contributed by atoms with van der Waals surface area (Å²) in [7, 11) is 1.67. The number of anilines is 1. The Hall–Kier alpha value is -2.33. The van der Waals surface area contributed by atoms with Gasteiger partial charge in [0.25, 0.3) is 5.91 Å². The molecule has 1 heterocycles. The van der Waals surface area contributed by atoms with E-state index in [1.165, 1.54) is 4.90 Å². The third-order valence-electron chi connectivity index (χ3n) is 3.78. The highest BCUT2D eigenvalue weighted by Gasteiger charge is 2.31. The van der Waals surface area contributed by atoms with Crippen LogP contribution in [0.3, 0.4) is 0 Å². The maximum absolute atomic E-state index is 12.6. The molecule has 2 aromatic carbocycles. The van der Waals surface area contributed by atoms with E-state index in [9.17, 15) is 9.59 Å². The van der Waals surface area contributed by atoms with E-state index in [4.69, 9.17) is 11.6 Å². The lowest BCUT2D eigenvalue weighted by molar-refractivity contribution is -0.120. The predicted molar refractivity (Wildman–Crippen MR) is 86.3 cm³/mol. The Balaban J connectivity index is 1.94. The summed E-state index contributed by atoms with van der Waals surface area (Å²) >= 11 is 5.96. The minimum atomic E-state index is -0.592. The van der Waals surface area contributed by atoms with Gasteiger partial charge in [-0.15, -0.1) is 0 Å². The highest BCUT2D eigenvalue weighted by atomic mass is 35.5. The number of amides is 2. The van der Waals surface area contributed by atoms with Crippen LogP contribution in [-0.2, 0) is 11.2 Å². The molecule has 3 rings (SSSR count). The van der Waals surface area contributed by atoms with Crippen molar-refractivity contribution in [2.45, 2.75) is 12.5 Å². The van der Waals surface area contributed by atoms with Gasteiger partial charge in [0.1, 0.15) is 6.04 Å². The molecule has 2 aromatic rings. The summed E-state index contributed by atoms with van der Waals surface area (Å²) in [6.07, 6.45) is 0.456. The van der Waals surface area contributed by atoms with Crippen molar-refractivity contribution in [3.63, 3.8) is 0 Å². The standard InChI is InChI=1S/C17H15ClN2O2/c1-20-15-8-7-12(18)10-13(15)16(21)19-14(17(20)22)9-11-5-3-2-4-6-11/h2-8,10,14H,9H2,1H3,(H,19,21). The molecule has 0 saturated heterocycles. The van der Waals surface area contributed by atoms with Gasteiger partial charge in [-0.3, -0.25) is 9.59 Å². The van der Waals surface area contributed by atoms with E-state index < -0.39 is 6.04 Å². The first-order chi connectivity index (χ1) is 10.6. The lowest BCUT2D eigenvalue weighted by Gasteiger charge is -2.21. The van der Waals surface area contributed by atoms with Gasteiger partial charge < -0.3 is 10.2 Å². The van der Waals surface area contributed by atoms with Crippen LogP contribution in [0.25, 0.3) is 0 Å². The lowest BCUT2D eigenvalue weighted by Crippen LogP contribution is -2.45. The van der Waals surface area contributed by atoms with Crippen LogP contribution >= 0.6 is 11.6 Å². The summed E-state index contributed by atoms with van der Waals surface area (Å²) in [6.45, 7) is 0. The summed E-state index contributed by atoms with van der Waals surface area (Å²) in [5, 5.41) is 3.27. The second kappa shape index (κ2) is 5.81. The van der Waals surface area contributed by atoms with E-state index in [0.29, 0.717) is 22.7 Å². The summed E-state index contributed by atoms with van der Waals surface area (Å²) in [6, 6.07) is 14.0. The SMILES string of the molecule is CN1C(=O)C(Cc2ccccc2)NC(=O)c2cc(Cl)ccc21. The van der Waals surface area contributed by atoms with Crippen LogP contribution in [0.1, 0.15) is 15.9 Å². The monoisotopic (exact) mass is 314 g/mol. The van der Waals surface area contributed by atoms with Crippen molar-refractivity contribution in [2.24, 2.45) is 0 Å². The fourth-order valence-electron chi connectivity index (χ4n) is 2.62. The summed E-state index contributed by atoms with van der Waals surface area (Å²) < 4.78 is 0. The van der Waals surface area contributed by atoms with E-state index in [2.05, 4.69) is 5.32 Å². The number of likely N-dealkylation sites (N-methyl/N-ethyl adjacent to an activating group) is 1. The Morgan fingerprint density at radius 1 is 1.14 bits per heavy atom. The molecule has 0 radical (unpaired) electrons. The van der Waals surface area contributed by atoms with Crippen LogP contribution in [0.4, 0.5) is 5.69 Å². The van der Waals surface area contributed by atoms with Crippen LogP contribution < -0.4 is 10.2 Å². The average molecular weight is 315 g/mol. The van der Waals surface area contributed by atoms with Crippen molar-refractivity contribution < 1.29 is 9.59 Å². The molecule has 0 bridgehead atoms. The van der Waals surface area contributed by atoms with Crippen molar-refractivity contribution in [1.29, 1.82) is 0 Å². The van der Waals surface area contributed by atoms with Gasteiger partial charge in [0.15, 0.2) is 0 Å². The molecule has 0 aromatic heterocycles. The Kier molecular flexibility index (Phi) is 3.86. The predicted octanol–water partition coefficient (Wildman–Crippen LogP) is 2.66. The maximum atomic E-state index is 12.6. The van der Waals surface area contributed by atoms with Crippen molar-refractivity contribution in [3.05, 3.63) is 64.7 Å². The average Bonchev–Trinajstić information content (AvgIpc) is 2.60. The minimum absolute atomic E-state index is 0.140. The Labute approximate surface area is 133 Å². The second-order valence-corrected chi connectivity index (χ2v) is 5.71. The number of nitrogens with zero attached hydrogens (tertiary/aromatic N) is 1. The quantitative estimate of drug-likeness (QED) is 0.926. The number of hydrogen-bond donors (Lipinski definition) is 1. The third kappa shape index (κ3) is 2.70. The summed E-state index contributed by atoms with van der Waals surface area (Å²) in [4.78, 5) is 26.5. The zero-order valence-corrected chi connectivity index (χ0v) is 12.8. The molecule has 1 aliphatic rings. The highest BCUT2D eigenvalue weighted by Crippen LogP contribution is 2.26. The number of fused-ring (bicyclic) bond motifs is 1. The van der Waals surface area contributed by atoms with Crippen LogP contribution in [0, 0.1) is 0 Å². The number of benzene rings is 2. The van der Waals surface area contributed by atoms with Gasteiger partial charge in [-0.1, -0.05) is 41.9 Å². The smallest absolute Gasteiger partial charge is 0.254 e. The fourth-order valence-corrected chi connectivity index (χ4v) is 2.79. The number of hydrogen-bond acceptors (Lipinski definition) is 2. The number of halogens is 1. The topological polar surface area (TPSA) is 49.4 Å². The van der Waals surface area contributed by atoms with Crippen LogP contribution in [0.2, 0.25) is 5.02 Å². The van der Waals surface area contributed by atoms with Gasteiger partial charge in [0.05, 0.1) is 11.3 Å². The molecule has 112 valence electrons. The zero-order valence-electron chi connectivity index (χ0n) is 12.0. The normalized spacial score (nSPS) is 17.7. The minimum Gasteiger partial charge on any atom is -0.340 e. The molecular weight excluding hydrogens is 300 g/mol. The molecule has 2 amide bonds. The zero-order chi connectivity index (χ0) is 15.7. The molecular formula is C17H15ClN2O2. The highest BCUT2D eigenvalue weighted by molar-refractivity contribution is 6.31. The molecule has 22 heavy (non-hydrogen) atoms. The van der Waals surface area contributed by atoms with Gasteiger partial charge in [0.2, 0.25) is 5.91 Å². The van der Waals surface area contributed by atoms with Crippen molar-refractivity contribution in [2.75, 3.05) is 11.9 Å². The third-order valence-corrected chi connectivity index (χ3v) is 4.02. The first-order valence-electron chi connectivity index (χ1n) is 6.98. The van der Waals surface area contributed by atoms with Gasteiger partial charge >= 0.3 is 0 Å². The molecule has 0 aliphatic carbocycles. The first-order valence-corrected chi connectivity index (χ1v) is 7.36. The first kappa shape index (κ1) is 14.6. The van der Waals surface area contributed by atoms with Gasteiger partial charge in [-0.25, -0.2) is 0 Å². The molecule has 0 saturated carbocycles. The van der Waals surface area contributed by atoms with E-state index in [1.54, 1.807) is 25.2 Å². The Morgan fingerprint density at radius 2 is 1.86 bits per heavy atom. The van der Waals surface area contributed by atoms with Gasteiger partial charge in [-0.05, 0) is 23.8 Å². The summed E-state index contributed by atoms with van der Waals surface area (Å²) in [5.41, 5.74) is 1.99. The molecule has 1 aliphatic heterocycles. The van der Waals surface area contributed by atoms with Crippen molar-refractivity contribution in [3.8, 4) is 0 Å². The molecule has 1 N–H and O–H groups in total. The van der Waals surface area contributed by atoms with Crippen LogP contribution in [0.5, 0.6) is 0 Å². The van der Waals surface area contributed by atoms with Crippen LogP contribution in [0.15, 0.2) is 48.5 Å². The van der Waals surface area contributed by atoms with Crippen LogP contribution in [-0.4, -0.2) is 24.9 Å². The van der Waals surface area contributed by atoms with E-state index in [0.717, 1.165) is 5.56 Å². The van der Waals surface area contributed by atoms with Gasteiger partial charge in [-0.2, -0.15) is 0 Å². The Morgan fingerprint density at radius 3 is 2.59 bits per heavy atom. The van der Waals surface area contributed by atoms with Gasteiger partial charge in [0, 0.05) is 18.5 Å². The summed E-state index contributed by atoms with van der Waals surface area (Å²) in [5.74, 6) is -0.422. The number of nitrogens with one attached hydrogen (secondary N) is 1. The van der Waals surface area contributed by atoms with E-state index in [-0.39, 0.29) is 11.8 Å². The lowest BCUT2D eigenvalue weighted by atomic mass is 10.1. The molecule has 5 heteroatoms. The van der Waals surface area contributed by atoms with Crippen molar-refractivity contribution >= 4 is 29.1 Å². The van der Waals surface area contributed by atoms with Crippen molar-refractivity contribution in [1.82, 2.24) is 5.32 Å².